The van der Waals surface area contributed by atoms with Crippen molar-refractivity contribution >= 4 is 17.9 Å². The van der Waals surface area contributed by atoms with Gasteiger partial charge in [-0.3, -0.25) is 9.69 Å². The van der Waals surface area contributed by atoms with Crippen molar-refractivity contribution in [1.29, 1.82) is 0 Å². The van der Waals surface area contributed by atoms with Crippen molar-refractivity contribution in [2.24, 2.45) is 0 Å². The van der Waals surface area contributed by atoms with Gasteiger partial charge in [0.1, 0.15) is 5.54 Å². The summed E-state index contributed by atoms with van der Waals surface area (Å²) in [4.78, 5) is 34.4. The molecule has 1 rings (SSSR count). The molecule has 7 nitrogen and oxygen atoms in total. The van der Waals surface area contributed by atoms with Gasteiger partial charge in [-0.25, -0.2) is 9.59 Å². The smallest absolute Gasteiger partial charge is 0.337 e. The van der Waals surface area contributed by atoms with Crippen LogP contribution in [0.3, 0.4) is 0 Å². The number of hydrogen-bond acceptors (Lipinski definition) is 4. The predicted octanol–water partition coefficient (Wildman–Crippen LogP) is -0.848. The predicted molar refractivity (Wildman–Crippen MR) is 52.6 cm³/mol. The fourth-order valence-electron chi connectivity index (χ4n) is 1.34. The van der Waals surface area contributed by atoms with Crippen molar-refractivity contribution in [3.63, 3.8) is 0 Å². The number of hydrogen-bond donors (Lipinski definition) is 3. The van der Waals surface area contributed by atoms with E-state index in [2.05, 4.69) is 5.32 Å². The van der Waals surface area contributed by atoms with E-state index in [0.717, 1.165) is 6.92 Å². The molecule has 3 amide bonds. The summed E-state index contributed by atoms with van der Waals surface area (Å²) in [5.41, 5.74) is -3.21. The van der Waals surface area contributed by atoms with Crippen LogP contribution in [0.1, 0.15) is 20.8 Å². The quantitative estimate of drug-likeness (QED) is 0.547. The van der Waals surface area contributed by atoms with Gasteiger partial charge in [0.25, 0.3) is 5.91 Å². The van der Waals surface area contributed by atoms with Gasteiger partial charge in [-0.1, -0.05) is 0 Å². The molecule has 1 aliphatic heterocycles. The van der Waals surface area contributed by atoms with E-state index >= 15 is 0 Å². The normalized spacial score (nSPS) is 22.9. The lowest BCUT2D eigenvalue weighted by atomic mass is 10.0. The van der Waals surface area contributed by atoms with E-state index in [9.17, 15) is 19.5 Å². The van der Waals surface area contributed by atoms with Crippen molar-refractivity contribution in [2.75, 3.05) is 6.54 Å². The van der Waals surface area contributed by atoms with Crippen LogP contribution in [0, 0.1) is 0 Å². The molecule has 1 fully saturated rings. The minimum absolute atomic E-state index is 0.556. The average Bonchev–Trinajstić information content (AvgIpc) is 2.27. The molecule has 0 aromatic rings. The van der Waals surface area contributed by atoms with E-state index in [0.29, 0.717) is 4.90 Å². The van der Waals surface area contributed by atoms with Crippen LogP contribution in [0.4, 0.5) is 4.79 Å². The van der Waals surface area contributed by atoms with Crippen LogP contribution >= 0.6 is 0 Å². The fraction of sp³-hybridized carbons (Fsp3) is 0.667. The number of carbonyl (C=O) groups is 3. The molecule has 0 saturated carbocycles. The molecule has 0 spiro atoms. The maximum Gasteiger partial charge on any atom is 0.337 e. The average molecular weight is 230 g/mol. The number of amides is 3. The van der Waals surface area contributed by atoms with E-state index in [4.69, 9.17) is 5.11 Å². The highest BCUT2D eigenvalue weighted by Crippen LogP contribution is 2.19. The van der Waals surface area contributed by atoms with Crippen molar-refractivity contribution in [2.45, 2.75) is 31.9 Å². The first-order valence-corrected chi connectivity index (χ1v) is 4.68. The Morgan fingerprint density at radius 1 is 1.50 bits per heavy atom. The van der Waals surface area contributed by atoms with Crippen molar-refractivity contribution in [3.05, 3.63) is 0 Å². The first-order chi connectivity index (χ1) is 7.08. The number of aliphatic hydroxyl groups is 1. The van der Waals surface area contributed by atoms with Crippen LogP contribution in [-0.2, 0) is 9.59 Å². The standard InChI is InChI=1S/C9H14N2O5/c1-8(2)5(12)11(7(15)10-8)4-9(3,16)6(13)14/h16H,4H2,1-3H3,(H,10,15)(H,13,14)/t9-/m1/s1. The lowest BCUT2D eigenvalue weighted by Gasteiger charge is -2.23. The highest BCUT2D eigenvalue weighted by molar-refractivity contribution is 6.06. The number of rotatable bonds is 3. The lowest BCUT2D eigenvalue weighted by molar-refractivity contribution is -0.158. The van der Waals surface area contributed by atoms with Gasteiger partial charge in [-0.05, 0) is 20.8 Å². The van der Waals surface area contributed by atoms with Crippen molar-refractivity contribution in [3.8, 4) is 0 Å². The molecule has 7 heteroatoms. The fourth-order valence-corrected chi connectivity index (χ4v) is 1.34. The number of carbonyl (C=O) groups excluding carboxylic acids is 2. The van der Waals surface area contributed by atoms with E-state index in [1.54, 1.807) is 0 Å². The number of urea groups is 1. The second kappa shape index (κ2) is 3.44. The maximum atomic E-state index is 11.7. The molecule has 0 aliphatic carbocycles. The lowest BCUT2D eigenvalue weighted by Crippen LogP contribution is -2.49. The second-order valence-corrected chi connectivity index (χ2v) is 4.53. The Labute approximate surface area is 92.0 Å². The van der Waals surface area contributed by atoms with Crippen molar-refractivity contribution < 1.29 is 24.6 Å². The first-order valence-electron chi connectivity index (χ1n) is 4.68. The van der Waals surface area contributed by atoms with Crippen LogP contribution in [0.15, 0.2) is 0 Å². The third kappa shape index (κ3) is 1.99. The van der Waals surface area contributed by atoms with Gasteiger partial charge in [0.15, 0.2) is 5.60 Å². The Balaban J connectivity index is 2.88. The summed E-state index contributed by atoms with van der Waals surface area (Å²) in [6.07, 6.45) is 0. The summed E-state index contributed by atoms with van der Waals surface area (Å²) in [6.45, 7) is 3.46. The molecule has 90 valence electrons. The summed E-state index contributed by atoms with van der Waals surface area (Å²) >= 11 is 0. The molecule has 1 saturated heterocycles. The Bertz CT molecular complexity index is 361. The van der Waals surface area contributed by atoms with E-state index < -0.39 is 35.6 Å². The van der Waals surface area contributed by atoms with Gasteiger partial charge in [0, 0.05) is 0 Å². The molecular weight excluding hydrogens is 216 g/mol. The molecule has 0 aromatic heterocycles. The highest BCUT2D eigenvalue weighted by Gasteiger charge is 2.47. The second-order valence-electron chi connectivity index (χ2n) is 4.53. The molecule has 0 bridgehead atoms. The number of imide groups is 1. The van der Waals surface area contributed by atoms with E-state index in [1.807, 2.05) is 0 Å². The Hall–Kier alpha value is -1.63. The third-order valence-corrected chi connectivity index (χ3v) is 2.37. The molecule has 1 heterocycles. The minimum atomic E-state index is -2.15. The maximum absolute atomic E-state index is 11.7. The van der Waals surface area contributed by atoms with Crippen LogP contribution in [0.25, 0.3) is 0 Å². The van der Waals surface area contributed by atoms with Crippen molar-refractivity contribution in [1.82, 2.24) is 10.2 Å². The van der Waals surface area contributed by atoms with E-state index in [-0.39, 0.29) is 0 Å². The highest BCUT2D eigenvalue weighted by atomic mass is 16.4. The van der Waals surface area contributed by atoms with Gasteiger partial charge in [0.2, 0.25) is 0 Å². The monoisotopic (exact) mass is 230 g/mol. The molecule has 1 aliphatic rings. The Morgan fingerprint density at radius 3 is 2.31 bits per heavy atom. The Kier molecular flexibility index (Phi) is 2.68. The number of aliphatic carboxylic acids is 1. The van der Waals surface area contributed by atoms with Gasteiger partial charge < -0.3 is 15.5 Å². The Morgan fingerprint density at radius 2 is 2.00 bits per heavy atom. The number of carboxylic acids is 1. The largest absolute Gasteiger partial charge is 0.479 e. The van der Waals surface area contributed by atoms with Crippen LogP contribution in [-0.4, -0.2) is 50.7 Å². The summed E-state index contributed by atoms with van der Waals surface area (Å²) in [7, 11) is 0. The third-order valence-electron chi connectivity index (χ3n) is 2.37. The SMILES string of the molecule is CC1(C)NC(=O)N(C[C@@](C)(O)C(=O)O)C1=O. The topological polar surface area (TPSA) is 107 Å². The molecule has 0 unspecified atom stereocenters. The van der Waals surface area contributed by atoms with Gasteiger partial charge in [-0.15, -0.1) is 0 Å². The molecule has 0 radical (unpaired) electrons. The zero-order valence-electron chi connectivity index (χ0n) is 9.27. The molecule has 3 N–H and O–H groups in total. The van der Waals surface area contributed by atoms with Crippen LogP contribution in [0.2, 0.25) is 0 Å². The molecule has 16 heavy (non-hydrogen) atoms. The first kappa shape index (κ1) is 12.4. The molecule has 0 aromatic carbocycles. The number of nitrogens with zero attached hydrogens (tertiary/aromatic N) is 1. The zero-order valence-corrected chi connectivity index (χ0v) is 9.27. The van der Waals surface area contributed by atoms with Gasteiger partial charge in [0.05, 0.1) is 6.54 Å². The summed E-state index contributed by atoms with van der Waals surface area (Å²) in [5.74, 6) is -2.04. The number of carboxylic acid groups (broad SMARTS) is 1. The van der Waals surface area contributed by atoms with E-state index in [1.165, 1.54) is 13.8 Å². The number of nitrogens with one attached hydrogen (secondary N) is 1. The van der Waals surface area contributed by atoms with Crippen LogP contribution in [0.5, 0.6) is 0 Å². The summed E-state index contributed by atoms with van der Waals surface area (Å²) in [6, 6.07) is -0.698. The number of β-amino-alcohol motifs (C(OH)–C–C–N with tert-alkyl or cyclic N) is 1. The summed E-state index contributed by atoms with van der Waals surface area (Å²) in [5, 5.41) is 20.6. The summed E-state index contributed by atoms with van der Waals surface area (Å²) < 4.78 is 0. The minimum Gasteiger partial charge on any atom is -0.479 e. The van der Waals surface area contributed by atoms with Gasteiger partial charge >= 0.3 is 12.0 Å². The molecular formula is C9H14N2O5. The van der Waals surface area contributed by atoms with Crippen LogP contribution < -0.4 is 5.32 Å². The molecule has 1 atom stereocenters. The zero-order chi connectivity index (χ0) is 12.7. The van der Waals surface area contributed by atoms with Gasteiger partial charge in [-0.2, -0.15) is 0 Å².